The average Bonchev–Trinajstić information content (AvgIpc) is 3.12. The van der Waals surface area contributed by atoms with E-state index in [9.17, 15) is 9.59 Å². The van der Waals surface area contributed by atoms with Crippen LogP contribution in [0.5, 0.6) is 0 Å². The van der Waals surface area contributed by atoms with Gasteiger partial charge in [-0.05, 0) is 31.0 Å². The van der Waals surface area contributed by atoms with Gasteiger partial charge in [-0.1, -0.05) is 31.4 Å². The summed E-state index contributed by atoms with van der Waals surface area (Å²) >= 11 is 0. The normalized spacial score (nSPS) is 15.0. The van der Waals surface area contributed by atoms with E-state index in [0.717, 1.165) is 25.7 Å². The topological polar surface area (TPSA) is 99.2 Å². The SMILES string of the molecule is NC(=O)c1ccn(-c2ccccc2NC(=O)COC2CCCCC2)n1. The minimum absolute atomic E-state index is 0.0324. The van der Waals surface area contributed by atoms with Crippen LogP contribution in [0.25, 0.3) is 5.69 Å². The summed E-state index contributed by atoms with van der Waals surface area (Å²) in [5, 5.41) is 6.97. The second-order valence-corrected chi connectivity index (χ2v) is 6.15. The Morgan fingerprint density at radius 1 is 1.20 bits per heavy atom. The van der Waals surface area contributed by atoms with Crippen molar-refractivity contribution < 1.29 is 14.3 Å². The van der Waals surface area contributed by atoms with Gasteiger partial charge in [0.1, 0.15) is 12.3 Å². The first-order valence-corrected chi connectivity index (χ1v) is 8.50. The number of amides is 2. The van der Waals surface area contributed by atoms with Crippen LogP contribution in [0, 0.1) is 0 Å². The van der Waals surface area contributed by atoms with Crippen LogP contribution in [0.2, 0.25) is 0 Å². The molecule has 0 spiro atoms. The molecule has 0 atom stereocenters. The quantitative estimate of drug-likeness (QED) is 0.841. The van der Waals surface area contributed by atoms with E-state index in [-0.39, 0.29) is 24.3 Å². The molecule has 0 saturated heterocycles. The summed E-state index contributed by atoms with van der Waals surface area (Å²) in [6.07, 6.45) is 7.42. The second-order valence-electron chi connectivity index (χ2n) is 6.15. The van der Waals surface area contributed by atoms with Gasteiger partial charge in [-0.15, -0.1) is 0 Å². The molecule has 1 aliphatic rings. The van der Waals surface area contributed by atoms with E-state index in [0.29, 0.717) is 11.4 Å². The highest BCUT2D eigenvalue weighted by atomic mass is 16.5. The van der Waals surface area contributed by atoms with Gasteiger partial charge in [-0.25, -0.2) is 4.68 Å². The van der Waals surface area contributed by atoms with E-state index in [4.69, 9.17) is 10.5 Å². The number of hydrogen-bond donors (Lipinski definition) is 2. The first-order valence-electron chi connectivity index (χ1n) is 8.50. The average molecular weight is 342 g/mol. The first kappa shape index (κ1) is 17.2. The monoisotopic (exact) mass is 342 g/mol. The number of rotatable bonds is 6. The molecule has 1 aliphatic carbocycles. The molecule has 7 nitrogen and oxygen atoms in total. The molecule has 0 radical (unpaired) electrons. The van der Waals surface area contributed by atoms with Crippen LogP contribution in [0.1, 0.15) is 42.6 Å². The highest BCUT2D eigenvalue weighted by Crippen LogP contribution is 2.21. The predicted molar refractivity (Wildman–Crippen MR) is 93.5 cm³/mol. The van der Waals surface area contributed by atoms with Gasteiger partial charge in [-0.2, -0.15) is 5.10 Å². The number of nitrogens with two attached hydrogens (primary N) is 1. The lowest BCUT2D eigenvalue weighted by molar-refractivity contribution is -0.123. The molecule has 1 fully saturated rings. The Labute approximate surface area is 146 Å². The standard InChI is InChI=1S/C18H22N4O3/c19-18(24)15-10-11-22(21-15)16-9-5-4-8-14(16)20-17(23)12-25-13-6-2-1-3-7-13/h4-5,8-11,13H,1-3,6-7,12H2,(H2,19,24)(H,20,23). The molecule has 7 heteroatoms. The van der Waals surface area contributed by atoms with Crippen LogP contribution >= 0.6 is 0 Å². The molecule has 2 amide bonds. The molecule has 1 heterocycles. The minimum Gasteiger partial charge on any atom is -0.368 e. The number of benzene rings is 1. The number of aromatic nitrogens is 2. The summed E-state index contributed by atoms with van der Waals surface area (Å²) in [5.74, 6) is -0.804. The Balaban J connectivity index is 1.65. The van der Waals surface area contributed by atoms with Crippen LogP contribution < -0.4 is 11.1 Å². The first-order chi connectivity index (χ1) is 12.1. The Morgan fingerprint density at radius 2 is 1.96 bits per heavy atom. The van der Waals surface area contributed by atoms with E-state index in [1.807, 2.05) is 12.1 Å². The fourth-order valence-corrected chi connectivity index (χ4v) is 2.98. The van der Waals surface area contributed by atoms with Crippen LogP contribution in [0.3, 0.4) is 0 Å². The van der Waals surface area contributed by atoms with Crippen molar-refractivity contribution in [3.63, 3.8) is 0 Å². The molecule has 1 saturated carbocycles. The number of ether oxygens (including phenoxy) is 1. The third kappa shape index (κ3) is 4.45. The van der Waals surface area contributed by atoms with Crippen LogP contribution in [0.4, 0.5) is 5.69 Å². The summed E-state index contributed by atoms with van der Waals surface area (Å²) in [5.41, 5.74) is 6.65. The van der Waals surface area contributed by atoms with E-state index in [2.05, 4.69) is 10.4 Å². The lowest BCUT2D eigenvalue weighted by Crippen LogP contribution is -2.25. The Bertz CT molecular complexity index is 750. The maximum absolute atomic E-state index is 12.2. The highest BCUT2D eigenvalue weighted by Gasteiger charge is 2.16. The van der Waals surface area contributed by atoms with Crippen molar-refractivity contribution >= 4 is 17.5 Å². The molecule has 1 aromatic carbocycles. The zero-order chi connectivity index (χ0) is 17.6. The van der Waals surface area contributed by atoms with Crippen molar-refractivity contribution in [3.05, 3.63) is 42.2 Å². The molecule has 0 unspecified atom stereocenters. The lowest BCUT2D eigenvalue weighted by Gasteiger charge is -2.21. The molecule has 1 aromatic heterocycles. The summed E-state index contributed by atoms with van der Waals surface area (Å²) in [4.78, 5) is 23.4. The summed E-state index contributed by atoms with van der Waals surface area (Å²) in [7, 11) is 0. The summed E-state index contributed by atoms with van der Waals surface area (Å²) < 4.78 is 7.21. The van der Waals surface area contributed by atoms with Gasteiger partial charge in [0.2, 0.25) is 5.91 Å². The van der Waals surface area contributed by atoms with Gasteiger partial charge in [0.05, 0.1) is 17.5 Å². The largest absolute Gasteiger partial charge is 0.368 e. The number of hydrogen-bond acceptors (Lipinski definition) is 4. The highest BCUT2D eigenvalue weighted by molar-refractivity contribution is 5.94. The number of para-hydroxylation sites is 2. The van der Waals surface area contributed by atoms with Crippen molar-refractivity contribution in [2.45, 2.75) is 38.2 Å². The molecule has 2 aromatic rings. The maximum atomic E-state index is 12.2. The van der Waals surface area contributed by atoms with E-state index < -0.39 is 5.91 Å². The van der Waals surface area contributed by atoms with Crippen molar-refractivity contribution in [3.8, 4) is 5.69 Å². The number of anilines is 1. The van der Waals surface area contributed by atoms with Crippen LogP contribution in [-0.2, 0) is 9.53 Å². The van der Waals surface area contributed by atoms with E-state index in [1.54, 1.807) is 18.3 Å². The van der Waals surface area contributed by atoms with Crippen molar-refractivity contribution in [2.24, 2.45) is 5.73 Å². The smallest absolute Gasteiger partial charge is 0.269 e. The third-order valence-corrected chi connectivity index (χ3v) is 4.27. The molecule has 0 aliphatic heterocycles. The van der Waals surface area contributed by atoms with E-state index in [1.165, 1.54) is 17.2 Å². The number of carbonyl (C=O) groups is 2. The summed E-state index contributed by atoms with van der Waals surface area (Å²) in [6.45, 7) is 0.0324. The molecule has 3 rings (SSSR count). The fourth-order valence-electron chi connectivity index (χ4n) is 2.98. The van der Waals surface area contributed by atoms with Gasteiger partial charge in [-0.3, -0.25) is 9.59 Å². The van der Waals surface area contributed by atoms with Gasteiger partial charge >= 0.3 is 0 Å². The van der Waals surface area contributed by atoms with Gasteiger partial charge in [0.25, 0.3) is 5.91 Å². The third-order valence-electron chi connectivity index (χ3n) is 4.27. The number of carbonyl (C=O) groups excluding carboxylic acids is 2. The molecule has 3 N–H and O–H groups in total. The maximum Gasteiger partial charge on any atom is 0.269 e. The molecule has 0 bridgehead atoms. The lowest BCUT2D eigenvalue weighted by atomic mass is 9.98. The molecular weight excluding hydrogens is 320 g/mol. The Kier molecular flexibility index (Phi) is 5.45. The number of nitrogens with zero attached hydrogens (tertiary/aromatic N) is 2. The van der Waals surface area contributed by atoms with Gasteiger partial charge in [0, 0.05) is 6.20 Å². The number of nitrogens with one attached hydrogen (secondary N) is 1. The fraction of sp³-hybridized carbons (Fsp3) is 0.389. The zero-order valence-corrected chi connectivity index (χ0v) is 14.0. The number of primary amides is 1. The zero-order valence-electron chi connectivity index (χ0n) is 14.0. The second kappa shape index (κ2) is 7.94. The Hall–Kier alpha value is -2.67. The van der Waals surface area contributed by atoms with Crippen LogP contribution in [-0.4, -0.2) is 34.3 Å². The van der Waals surface area contributed by atoms with Gasteiger partial charge in [0.15, 0.2) is 0 Å². The van der Waals surface area contributed by atoms with Crippen LogP contribution in [0.15, 0.2) is 36.5 Å². The van der Waals surface area contributed by atoms with E-state index >= 15 is 0 Å². The van der Waals surface area contributed by atoms with Gasteiger partial charge < -0.3 is 15.8 Å². The minimum atomic E-state index is -0.596. The Morgan fingerprint density at radius 3 is 2.68 bits per heavy atom. The van der Waals surface area contributed by atoms with Crippen molar-refractivity contribution in [1.82, 2.24) is 9.78 Å². The van der Waals surface area contributed by atoms with Crippen molar-refractivity contribution in [2.75, 3.05) is 11.9 Å². The van der Waals surface area contributed by atoms with Crippen molar-refractivity contribution in [1.29, 1.82) is 0 Å². The molecular formula is C18H22N4O3. The summed E-state index contributed by atoms with van der Waals surface area (Å²) in [6, 6.07) is 8.76. The molecule has 132 valence electrons. The molecule has 25 heavy (non-hydrogen) atoms. The predicted octanol–water partition coefficient (Wildman–Crippen LogP) is 2.26.